The molecule has 3 nitrogen and oxygen atoms in total. The average molecular weight is 348 g/mol. The van der Waals surface area contributed by atoms with Crippen molar-refractivity contribution >= 4 is 21.7 Å². The Labute approximate surface area is 134 Å². The van der Waals surface area contributed by atoms with Crippen molar-refractivity contribution in [1.29, 1.82) is 0 Å². The monoisotopic (exact) mass is 347 g/mol. The van der Waals surface area contributed by atoms with Crippen LogP contribution in [0.25, 0.3) is 11.1 Å². The minimum absolute atomic E-state index is 0.144. The van der Waals surface area contributed by atoms with Crippen molar-refractivity contribution < 1.29 is 0 Å². The summed E-state index contributed by atoms with van der Waals surface area (Å²) in [5.74, 6) is 0.759. The van der Waals surface area contributed by atoms with Gasteiger partial charge in [0.25, 0.3) is 0 Å². The van der Waals surface area contributed by atoms with E-state index in [1.807, 2.05) is 17.8 Å². The van der Waals surface area contributed by atoms with E-state index in [9.17, 15) is 0 Å². The van der Waals surface area contributed by atoms with Crippen LogP contribution in [0.3, 0.4) is 0 Å². The van der Waals surface area contributed by atoms with Crippen LogP contribution >= 0.6 is 15.9 Å². The number of hydrogen-bond donors (Lipinski definition) is 1. The molecule has 2 N–H and O–H groups in total. The smallest absolute Gasteiger partial charge is 0.129 e. The van der Waals surface area contributed by atoms with Crippen molar-refractivity contribution in [3.05, 3.63) is 34.4 Å². The first kappa shape index (κ1) is 14.6. The third-order valence-corrected chi connectivity index (χ3v) is 5.23. The van der Waals surface area contributed by atoms with Crippen LogP contribution in [-0.4, -0.2) is 9.78 Å². The van der Waals surface area contributed by atoms with Gasteiger partial charge >= 0.3 is 0 Å². The maximum absolute atomic E-state index is 6.34. The zero-order valence-corrected chi connectivity index (χ0v) is 14.3. The summed E-state index contributed by atoms with van der Waals surface area (Å²) in [5.41, 5.74) is 9.91. The van der Waals surface area contributed by atoms with Crippen molar-refractivity contribution in [1.82, 2.24) is 9.78 Å². The SMILES string of the molecule is Cn1nc(C2(C)CCCCC2)c(-c2cccc(Br)c2)c1N. The number of anilines is 1. The lowest BCUT2D eigenvalue weighted by molar-refractivity contribution is 0.311. The number of nitrogen functional groups attached to an aromatic ring is 1. The number of rotatable bonds is 2. The summed E-state index contributed by atoms with van der Waals surface area (Å²) in [4.78, 5) is 0. The van der Waals surface area contributed by atoms with Gasteiger partial charge in [-0.15, -0.1) is 0 Å². The molecule has 0 amide bonds. The summed E-state index contributed by atoms with van der Waals surface area (Å²) >= 11 is 3.56. The van der Waals surface area contributed by atoms with Crippen LogP contribution in [0, 0.1) is 0 Å². The third kappa shape index (κ3) is 2.61. The zero-order chi connectivity index (χ0) is 15.0. The van der Waals surface area contributed by atoms with Crippen molar-refractivity contribution in [2.75, 3.05) is 5.73 Å². The van der Waals surface area contributed by atoms with Crippen molar-refractivity contribution in [2.45, 2.75) is 44.4 Å². The molecule has 21 heavy (non-hydrogen) atoms. The van der Waals surface area contributed by atoms with E-state index in [0.717, 1.165) is 21.4 Å². The third-order valence-electron chi connectivity index (χ3n) is 4.73. The molecule has 0 radical (unpaired) electrons. The predicted octanol–water partition coefficient (Wildman–Crippen LogP) is 4.65. The Balaban J connectivity index is 2.16. The molecule has 0 unspecified atom stereocenters. The van der Waals surface area contributed by atoms with E-state index >= 15 is 0 Å². The Morgan fingerprint density at radius 3 is 2.62 bits per heavy atom. The van der Waals surface area contributed by atoms with Gasteiger partial charge in [0.05, 0.1) is 5.69 Å². The van der Waals surface area contributed by atoms with Gasteiger partial charge in [0.2, 0.25) is 0 Å². The van der Waals surface area contributed by atoms with E-state index in [0.29, 0.717) is 0 Å². The molecular formula is C17H22BrN3. The topological polar surface area (TPSA) is 43.8 Å². The lowest BCUT2D eigenvalue weighted by atomic mass is 9.72. The minimum atomic E-state index is 0.144. The molecule has 0 aliphatic heterocycles. The second-order valence-electron chi connectivity index (χ2n) is 6.36. The van der Waals surface area contributed by atoms with Gasteiger partial charge in [-0.3, -0.25) is 4.68 Å². The number of benzene rings is 1. The molecular weight excluding hydrogens is 326 g/mol. The summed E-state index contributed by atoms with van der Waals surface area (Å²) < 4.78 is 2.90. The van der Waals surface area contributed by atoms with E-state index in [1.54, 1.807) is 0 Å². The summed E-state index contributed by atoms with van der Waals surface area (Å²) in [6, 6.07) is 8.34. The Bertz CT molecular complexity index is 654. The zero-order valence-electron chi connectivity index (χ0n) is 12.7. The highest BCUT2D eigenvalue weighted by Crippen LogP contribution is 2.44. The first-order valence-electron chi connectivity index (χ1n) is 7.60. The van der Waals surface area contributed by atoms with Crippen molar-refractivity contribution in [3.8, 4) is 11.1 Å². The molecule has 2 aromatic rings. The second kappa shape index (κ2) is 5.48. The van der Waals surface area contributed by atoms with E-state index in [2.05, 4.69) is 41.1 Å². The Morgan fingerprint density at radius 1 is 1.24 bits per heavy atom. The number of aryl methyl sites for hydroxylation is 1. The molecule has 0 saturated heterocycles. The Kier molecular flexibility index (Phi) is 3.82. The summed E-state index contributed by atoms with van der Waals surface area (Å²) in [7, 11) is 1.94. The van der Waals surface area contributed by atoms with Gasteiger partial charge in [0.1, 0.15) is 5.82 Å². The summed E-state index contributed by atoms with van der Waals surface area (Å²) in [5, 5.41) is 4.79. The highest BCUT2D eigenvalue weighted by Gasteiger charge is 2.35. The van der Waals surface area contributed by atoms with Gasteiger partial charge in [-0.2, -0.15) is 5.10 Å². The van der Waals surface area contributed by atoms with Crippen LogP contribution in [0.1, 0.15) is 44.7 Å². The number of aromatic nitrogens is 2. The molecule has 1 aromatic carbocycles. The van der Waals surface area contributed by atoms with Gasteiger partial charge in [-0.05, 0) is 30.5 Å². The molecule has 1 saturated carbocycles. The summed E-state index contributed by atoms with van der Waals surface area (Å²) in [6.45, 7) is 2.34. The average Bonchev–Trinajstić information content (AvgIpc) is 2.77. The molecule has 1 heterocycles. The van der Waals surface area contributed by atoms with Crippen LogP contribution in [0.15, 0.2) is 28.7 Å². The van der Waals surface area contributed by atoms with Crippen LogP contribution in [-0.2, 0) is 12.5 Å². The normalized spacial score (nSPS) is 17.9. The van der Waals surface area contributed by atoms with Gasteiger partial charge < -0.3 is 5.73 Å². The molecule has 1 fully saturated rings. The maximum Gasteiger partial charge on any atom is 0.129 e. The molecule has 4 heteroatoms. The van der Waals surface area contributed by atoms with Crippen LogP contribution in [0.4, 0.5) is 5.82 Å². The Morgan fingerprint density at radius 2 is 1.95 bits per heavy atom. The van der Waals surface area contributed by atoms with Crippen LogP contribution in [0.2, 0.25) is 0 Å². The highest BCUT2D eigenvalue weighted by atomic mass is 79.9. The fourth-order valence-electron chi connectivity index (χ4n) is 3.46. The van der Waals surface area contributed by atoms with Crippen LogP contribution < -0.4 is 5.73 Å². The van der Waals surface area contributed by atoms with Gasteiger partial charge in [-0.1, -0.05) is 54.2 Å². The molecule has 3 rings (SSSR count). The predicted molar refractivity (Wildman–Crippen MR) is 91.2 cm³/mol. The van der Waals surface area contributed by atoms with Gasteiger partial charge in [0.15, 0.2) is 0 Å². The fraction of sp³-hybridized carbons (Fsp3) is 0.471. The first-order chi connectivity index (χ1) is 10.0. The Hall–Kier alpha value is -1.29. The van der Waals surface area contributed by atoms with Gasteiger partial charge in [0, 0.05) is 22.5 Å². The number of hydrogen-bond acceptors (Lipinski definition) is 2. The quantitative estimate of drug-likeness (QED) is 0.858. The second-order valence-corrected chi connectivity index (χ2v) is 7.28. The lowest BCUT2D eigenvalue weighted by Gasteiger charge is -2.33. The largest absolute Gasteiger partial charge is 0.383 e. The van der Waals surface area contributed by atoms with E-state index < -0.39 is 0 Å². The summed E-state index contributed by atoms with van der Waals surface area (Å²) in [6.07, 6.45) is 6.30. The number of nitrogens with two attached hydrogens (primary N) is 1. The van der Waals surface area contributed by atoms with E-state index in [1.165, 1.54) is 37.8 Å². The highest BCUT2D eigenvalue weighted by molar-refractivity contribution is 9.10. The van der Waals surface area contributed by atoms with E-state index in [-0.39, 0.29) is 5.41 Å². The molecule has 112 valence electrons. The van der Waals surface area contributed by atoms with Gasteiger partial charge in [-0.25, -0.2) is 0 Å². The lowest BCUT2D eigenvalue weighted by Crippen LogP contribution is -2.26. The molecule has 0 bridgehead atoms. The number of nitrogens with zero attached hydrogens (tertiary/aromatic N) is 2. The number of halogens is 1. The fourth-order valence-corrected chi connectivity index (χ4v) is 3.86. The van der Waals surface area contributed by atoms with E-state index in [4.69, 9.17) is 10.8 Å². The van der Waals surface area contributed by atoms with Crippen LogP contribution in [0.5, 0.6) is 0 Å². The van der Waals surface area contributed by atoms with Crippen molar-refractivity contribution in [3.63, 3.8) is 0 Å². The maximum atomic E-state index is 6.34. The molecule has 0 spiro atoms. The molecule has 1 aromatic heterocycles. The first-order valence-corrected chi connectivity index (χ1v) is 8.39. The molecule has 1 aliphatic carbocycles. The standard InChI is InChI=1S/C17H22BrN3/c1-17(9-4-3-5-10-17)15-14(16(19)21(2)20-15)12-7-6-8-13(18)11-12/h6-8,11H,3-5,9-10,19H2,1-2H3. The molecule has 0 atom stereocenters. The minimum Gasteiger partial charge on any atom is -0.383 e. The molecule has 1 aliphatic rings. The van der Waals surface area contributed by atoms with Crippen molar-refractivity contribution in [2.24, 2.45) is 7.05 Å².